The molecule has 2 heterocycles. The highest BCUT2D eigenvalue weighted by molar-refractivity contribution is 7.91. The molecule has 1 unspecified atom stereocenters. The van der Waals surface area contributed by atoms with Crippen LogP contribution in [0, 0.1) is 5.92 Å². The van der Waals surface area contributed by atoms with Gasteiger partial charge in [-0.05, 0) is 12.3 Å². The average Bonchev–Trinajstić information content (AvgIpc) is 2.80. The lowest BCUT2D eigenvalue weighted by molar-refractivity contribution is -0.144. The third-order valence-electron chi connectivity index (χ3n) is 2.55. The third-order valence-corrected chi connectivity index (χ3v) is 5.06. The molecule has 0 aliphatic carbocycles. The smallest absolute Gasteiger partial charge is 0.360 e. The predicted octanol–water partition coefficient (Wildman–Crippen LogP) is 1.40. The number of nitrogens with one attached hydrogen (secondary N) is 1. The van der Waals surface area contributed by atoms with Crippen molar-refractivity contribution in [2.45, 2.75) is 12.6 Å². The Morgan fingerprint density at radius 1 is 1.44 bits per heavy atom. The minimum atomic E-state index is -4.55. The van der Waals surface area contributed by atoms with Crippen molar-refractivity contribution in [1.29, 1.82) is 0 Å². The maximum atomic E-state index is 12.2. The Hall–Kier alpha value is -0.900. The molecule has 1 atom stereocenters. The van der Waals surface area contributed by atoms with Crippen molar-refractivity contribution < 1.29 is 21.6 Å². The van der Waals surface area contributed by atoms with E-state index in [9.17, 15) is 21.6 Å². The van der Waals surface area contributed by atoms with Crippen molar-refractivity contribution in [2.75, 3.05) is 23.4 Å². The number of hydrogen-bond acceptors (Lipinski definition) is 6. The van der Waals surface area contributed by atoms with Crippen molar-refractivity contribution in [3.63, 3.8) is 0 Å². The third kappa shape index (κ3) is 3.31. The van der Waals surface area contributed by atoms with E-state index in [1.165, 1.54) is 0 Å². The molecule has 1 aliphatic rings. The van der Waals surface area contributed by atoms with Gasteiger partial charge in [0, 0.05) is 18.1 Å². The molecule has 0 aromatic carbocycles. The molecule has 1 aromatic heterocycles. The lowest BCUT2D eigenvalue weighted by Crippen LogP contribution is -2.15. The lowest BCUT2D eigenvalue weighted by atomic mass is 10.1. The lowest BCUT2D eigenvalue weighted by Gasteiger charge is -2.07. The fourth-order valence-corrected chi connectivity index (χ4v) is 4.13. The second-order valence-corrected chi connectivity index (χ2v) is 7.05. The number of alkyl halides is 3. The highest BCUT2D eigenvalue weighted by Crippen LogP contribution is 2.29. The molecular weight excluding hydrogens is 291 g/mol. The van der Waals surface area contributed by atoms with E-state index in [4.69, 9.17) is 0 Å². The van der Waals surface area contributed by atoms with Crippen molar-refractivity contribution in [1.82, 2.24) is 9.36 Å². The fraction of sp³-hybridized carbons (Fsp3) is 0.750. The van der Waals surface area contributed by atoms with Crippen LogP contribution in [0.2, 0.25) is 0 Å². The molecule has 1 aromatic rings. The summed E-state index contributed by atoms with van der Waals surface area (Å²) in [6, 6.07) is 0. The van der Waals surface area contributed by atoms with Gasteiger partial charge in [-0.2, -0.15) is 22.5 Å². The Morgan fingerprint density at radius 2 is 2.17 bits per heavy atom. The molecule has 0 saturated carbocycles. The molecule has 0 bridgehead atoms. The highest BCUT2D eigenvalue weighted by Gasteiger charge is 2.36. The number of nitrogens with zero attached hydrogens (tertiary/aromatic N) is 2. The van der Waals surface area contributed by atoms with Gasteiger partial charge in [-0.3, -0.25) is 0 Å². The van der Waals surface area contributed by atoms with Crippen LogP contribution in [0.25, 0.3) is 0 Å². The van der Waals surface area contributed by atoms with Gasteiger partial charge in [0.15, 0.2) is 9.84 Å². The molecule has 10 heteroatoms. The number of sulfone groups is 1. The molecule has 0 radical (unpaired) electrons. The van der Waals surface area contributed by atoms with Crippen molar-refractivity contribution in [3.05, 3.63) is 5.82 Å². The van der Waals surface area contributed by atoms with Crippen LogP contribution in [0.15, 0.2) is 0 Å². The summed E-state index contributed by atoms with van der Waals surface area (Å²) >= 11 is 0.618. The van der Waals surface area contributed by atoms with Gasteiger partial charge in [0.1, 0.15) is 0 Å². The van der Waals surface area contributed by atoms with Crippen molar-refractivity contribution in [2.24, 2.45) is 5.92 Å². The first-order chi connectivity index (χ1) is 8.26. The summed E-state index contributed by atoms with van der Waals surface area (Å²) in [7, 11) is -2.97. The standard InChI is InChI=1S/C8H10F3N3O2S2/c9-8(10,11)6-13-7(17-14-6)12-3-5-1-2-18(15,16)4-5/h5H,1-4H2,(H,12,13,14). The average molecular weight is 301 g/mol. The summed E-state index contributed by atoms with van der Waals surface area (Å²) < 4.78 is 62.2. The first-order valence-electron chi connectivity index (χ1n) is 5.11. The summed E-state index contributed by atoms with van der Waals surface area (Å²) in [4.78, 5) is 3.30. The monoisotopic (exact) mass is 301 g/mol. The largest absolute Gasteiger partial charge is 0.452 e. The Morgan fingerprint density at radius 3 is 2.67 bits per heavy atom. The molecular formula is C8H10F3N3O2S2. The number of halogens is 3. The summed E-state index contributed by atoms with van der Waals surface area (Å²) in [5, 5.41) is 2.76. The van der Waals surface area contributed by atoms with Gasteiger partial charge in [-0.1, -0.05) is 0 Å². The Balaban J connectivity index is 1.90. The van der Waals surface area contributed by atoms with Gasteiger partial charge in [-0.15, -0.1) is 0 Å². The second-order valence-electron chi connectivity index (χ2n) is 4.07. The summed E-state index contributed by atoms with van der Waals surface area (Å²) in [6.07, 6.45) is -4.02. The molecule has 2 rings (SSSR count). The van der Waals surface area contributed by atoms with E-state index in [1.54, 1.807) is 0 Å². The molecule has 5 nitrogen and oxygen atoms in total. The van der Waals surface area contributed by atoms with Crippen LogP contribution >= 0.6 is 11.5 Å². The van der Waals surface area contributed by atoms with Crippen LogP contribution in [0.1, 0.15) is 12.2 Å². The van der Waals surface area contributed by atoms with E-state index in [1.807, 2.05) is 0 Å². The van der Waals surface area contributed by atoms with Gasteiger partial charge >= 0.3 is 6.18 Å². The molecule has 0 amide bonds. The molecule has 1 aliphatic heterocycles. The number of rotatable bonds is 3. The normalized spacial score (nSPS) is 23.2. The number of anilines is 1. The van der Waals surface area contributed by atoms with Gasteiger partial charge in [0.2, 0.25) is 11.0 Å². The zero-order valence-corrected chi connectivity index (χ0v) is 10.7. The topological polar surface area (TPSA) is 72.0 Å². The van der Waals surface area contributed by atoms with Crippen molar-refractivity contribution in [3.8, 4) is 0 Å². The van der Waals surface area contributed by atoms with E-state index in [0.717, 1.165) is 0 Å². The maximum absolute atomic E-state index is 12.2. The Kier molecular flexibility index (Phi) is 3.49. The van der Waals surface area contributed by atoms with Gasteiger partial charge < -0.3 is 5.32 Å². The first kappa shape index (κ1) is 13.5. The molecule has 1 fully saturated rings. The summed E-state index contributed by atoms with van der Waals surface area (Å²) in [5.74, 6) is -1.03. The quantitative estimate of drug-likeness (QED) is 0.914. The van der Waals surface area contributed by atoms with Crippen molar-refractivity contribution >= 4 is 26.5 Å². The van der Waals surface area contributed by atoms with E-state index < -0.39 is 21.8 Å². The molecule has 102 valence electrons. The number of hydrogen-bond donors (Lipinski definition) is 1. The summed E-state index contributed by atoms with van der Waals surface area (Å²) in [6.45, 7) is 0.297. The minimum absolute atomic E-state index is 0.0617. The Bertz CT molecular complexity index is 526. The zero-order valence-electron chi connectivity index (χ0n) is 9.07. The van der Waals surface area contributed by atoms with Crippen LogP contribution in [-0.4, -0.2) is 35.8 Å². The SMILES string of the molecule is O=S1(=O)CCC(CNc2nc(C(F)(F)F)ns2)C1. The fourth-order valence-electron chi connectivity index (χ4n) is 1.68. The molecule has 0 spiro atoms. The number of aromatic nitrogens is 2. The zero-order chi connectivity index (χ0) is 13.4. The maximum Gasteiger partial charge on any atom is 0.452 e. The van der Waals surface area contributed by atoms with Crippen LogP contribution in [0.5, 0.6) is 0 Å². The van der Waals surface area contributed by atoms with E-state index >= 15 is 0 Å². The predicted molar refractivity (Wildman–Crippen MR) is 60.2 cm³/mol. The molecule has 1 N–H and O–H groups in total. The van der Waals surface area contributed by atoms with Gasteiger partial charge in [0.05, 0.1) is 11.5 Å². The second kappa shape index (κ2) is 4.65. The van der Waals surface area contributed by atoms with Crippen LogP contribution in [0.3, 0.4) is 0 Å². The first-order valence-corrected chi connectivity index (χ1v) is 7.71. The van der Waals surface area contributed by atoms with E-state index in [-0.39, 0.29) is 22.6 Å². The van der Waals surface area contributed by atoms with E-state index in [2.05, 4.69) is 14.7 Å². The molecule has 1 saturated heterocycles. The van der Waals surface area contributed by atoms with E-state index in [0.29, 0.717) is 24.5 Å². The highest BCUT2D eigenvalue weighted by atomic mass is 32.2. The van der Waals surface area contributed by atoms with Gasteiger partial charge in [0.25, 0.3) is 0 Å². The minimum Gasteiger partial charge on any atom is -0.360 e. The van der Waals surface area contributed by atoms with Gasteiger partial charge in [-0.25, -0.2) is 8.42 Å². The van der Waals surface area contributed by atoms with Crippen LogP contribution in [-0.2, 0) is 16.0 Å². The van der Waals surface area contributed by atoms with Crippen LogP contribution in [0.4, 0.5) is 18.3 Å². The summed E-state index contributed by atoms with van der Waals surface area (Å²) in [5.41, 5.74) is 0. The Labute approximate surface area is 106 Å². The molecule has 18 heavy (non-hydrogen) atoms. The van der Waals surface area contributed by atoms with Crippen LogP contribution < -0.4 is 5.32 Å².